The summed E-state index contributed by atoms with van der Waals surface area (Å²) in [5, 5.41) is 0. The van der Waals surface area contributed by atoms with Crippen molar-refractivity contribution in [1.82, 2.24) is 9.88 Å². The number of ether oxygens (including phenoxy) is 1. The average molecular weight is 417 g/mol. The van der Waals surface area contributed by atoms with E-state index in [1.165, 1.54) is 30.0 Å². The van der Waals surface area contributed by atoms with Gasteiger partial charge in [-0.05, 0) is 82.3 Å². The van der Waals surface area contributed by atoms with Crippen molar-refractivity contribution in [2.45, 2.75) is 51.6 Å². The molecule has 162 valence electrons. The number of aromatic nitrogens is 1. The normalized spacial score (nSPS) is 18.2. The molecule has 1 aromatic heterocycles. The minimum Gasteiger partial charge on any atom is -0.459 e. The monoisotopic (exact) mass is 416 g/mol. The molecule has 2 fully saturated rings. The maximum absolute atomic E-state index is 12.1. The standard InChI is InChI=1S/C27H32N2O2/c1-21-11-13-22(14-12-21)25(17-20-29-18-4-5-19-29)26-10-6-7-23(28-26)15-16-27(30)31-24-8-2-3-9-24/h6-7,10-17,24H,2-5,8-9,18-20H2,1H3/b16-15+,25-17+. The Morgan fingerprint density at radius 3 is 2.55 bits per heavy atom. The van der Waals surface area contributed by atoms with Crippen LogP contribution in [0.1, 0.15) is 61.0 Å². The Bertz CT molecular complexity index is 934. The highest BCUT2D eigenvalue weighted by molar-refractivity contribution is 5.87. The lowest BCUT2D eigenvalue weighted by Crippen LogP contribution is -2.19. The first-order valence-electron chi connectivity index (χ1n) is 11.5. The zero-order valence-electron chi connectivity index (χ0n) is 18.4. The Hall–Kier alpha value is -2.72. The third-order valence-corrected chi connectivity index (χ3v) is 6.14. The van der Waals surface area contributed by atoms with E-state index >= 15 is 0 Å². The van der Waals surface area contributed by atoms with Gasteiger partial charge in [0.05, 0.1) is 11.4 Å². The van der Waals surface area contributed by atoms with E-state index in [2.05, 4.69) is 42.2 Å². The van der Waals surface area contributed by atoms with Gasteiger partial charge in [-0.25, -0.2) is 9.78 Å². The molecule has 1 aliphatic heterocycles. The zero-order chi connectivity index (χ0) is 21.5. The van der Waals surface area contributed by atoms with Gasteiger partial charge in [0.15, 0.2) is 0 Å². The highest BCUT2D eigenvalue weighted by atomic mass is 16.5. The number of nitrogens with zero attached hydrogens (tertiary/aromatic N) is 2. The highest BCUT2D eigenvalue weighted by Gasteiger charge is 2.18. The van der Waals surface area contributed by atoms with E-state index in [9.17, 15) is 4.79 Å². The average Bonchev–Trinajstić information content (AvgIpc) is 3.48. The van der Waals surface area contributed by atoms with E-state index in [1.807, 2.05) is 18.2 Å². The van der Waals surface area contributed by atoms with Crippen LogP contribution in [0.3, 0.4) is 0 Å². The van der Waals surface area contributed by atoms with Crippen LogP contribution in [-0.2, 0) is 9.53 Å². The predicted octanol–water partition coefficient (Wildman–Crippen LogP) is 5.42. The van der Waals surface area contributed by atoms with Crippen molar-refractivity contribution < 1.29 is 9.53 Å². The molecule has 4 heteroatoms. The molecule has 0 radical (unpaired) electrons. The highest BCUT2D eigenvalue weighted by Crippen LogP contribution is 2.24. The number of esters is 1. The number of pyridine rings is 1. The smallest absolute Gasteiger partial charge is 0.331 e. The van der Waals surface area contributed by atoms with E-state index in [-0.39, 0.29) is 12.1 Å². The first-order chi connectivity index (χ1) is 15.2. The van der Waals surface area contributed by atoms with Gasteiger partial charge >= 0.3 is 5.97 Å². The van der Waals surface area contributed by atoms with Crippen LogP contribution in [0, 0.1) is 6.92 Å². The van der Waals surface area contributed by atoms with Crippen LogP contribution in [0.2, 0.25) is 0 Å². The van der Waals surface area contributed by atoms with E-state index in [4.69, 9.17) is 9.72 Å². The van der Waals surface area contributed by atoms with Crippen LogP contribution in [0.4, 0.5) is 0 Å². The Morgan fingerprint density at radius 2 is 1.81 bits per heavy atom. The fourth-order valence-electron chi connectivity index (χ4n) is 4.35. The molecule has 2 heterocycles. The van der Waals surface area contributed by atoms with Gasteiger partial charge in [-0.3, -0.25) is 4.90 Å². The minimum atomic E-state index is -0.276. The van der Waals surface area contributed by atoms with Crippen molar-refractivity contribution in [3.63, 3.8) is 0 Å². The summed E-state index contributed by atoms with van der Waals surface area (Å²) in [7, 11) is 0. The number of carbonyl (C=O) groups is 1. The molecule has 0 bridgehead atoms. The van der Waals surface area contributed by atoms with Crippen molar-refractivity contribution >= 4 is 17.6 Å². The van der Waals surface area contributed by atoms with E-state index in [0.29, 0.717) is 0 Å². The molecule has 2 aliphatic rings. The Labute approximate surface area is 185 Å². The maximum atomic E-state index is 12.1. The summed E-state index contributed by atoms with van der Waals surface area (Å²) in [6.07, 6.45) is 12.5. The number of carbonyl (C=O) groups excluding carboxylic acids is 1. The number of hydrogen-bond donors (Lipinski definition) is 0. The van der Waals surface area contributed by atoms with Crippen LogP contribution in [0.25, 0.3) is 11.6 Å². The lowest BCUT2D eigenvalue weighted by Gasteiger charge is -2.14. The van der Waals surface area contributed by atoms with Gasteiger partial charge in [0.1, 0.15) is 6.10 Å². The summed E-state index contributed by atoms with van der Waals surface area (Å²) < 4.78 is 5.52. The van der Waals surface area contributed by atoms with Gasteiger partial charge in [-0.1, -0.05) is 42.0 Å². The molecule has 0 unspecified atom stereocenters. The molecule has 1 saturated heterocycles. The van der Waals surface area contributed by atoms with Crippen LogP contribution in [-0.4, -0.2) is 41.6 Å². The quantitative estimate of drug-likeness (QED) is 0.447. The van der Waals surface area contributed by atoms with Crippen LogP contribution in [0.15, 0.2) is 54.6 Å². The van der Waals surface area contributed by atoms with Gasteiger partial charge in [0, 0.05) is 18.2 Å². The van der Waals surface area contributed by atoms with Crippen LogP contribution >= 0.6 is 0 Å². The van der Waals surface area contributed by atoms with Gasteiger partial charge < -0.3 is 4.74 Å². The first-order valence-corrected chi connectivity index (χ1v) is 11.5. The lowest BCUT2D eigenvalue weighted by atomic mass is 10.00. The number of likely N-dealkylation sites (tertiary alicyclic amines) is 1. The van der Waals surface area contributed by atoms with Crippen molar-refractivity contribution in [2.24, 2.45) is 0 Å². The molecule has 0 N–H and O–H groups in total. The fraction of sp³-hybridized carbons (Fsp3) is 0.407. The summed E-state index contributed by atoms with van der Waals surface area (Å²) in [5.41, 5.74) is 5.23. The molecule has 0 spiro atoms. The SMILES string of the molecule is Cc1ccc(/C(=C\CN2CCCC2)c2cccc(/C=C/C(=O)OC3CCCC3)n2)cc1. The molecule has 0 amide bonds. The second-order valence-corrected chi connectivity index (χ2v) is 8.62. The summed E-state index contributed by atoms with van der Waals surface area (Å²) in [5.74, 6) is -0.276. The fourth-order valence-corrected chi connectivity index (χ4v) is 4.35. The second-order valence-electron chi connectivity index (χ2n) is 8.62. The van der Waals surface area contributed by atoms with Gasteiger partial charge in [0.25, 0.3) is 0 Å². The topological polar surface area (TPSA) is 42.4 Å². The van der Waals surface area contributed by atoms with Crippen LogP contribution < -0.4 is 0 Å². The third-order valence-electron chi connectivity index (χ3n) is 6.14. The summed E-state index contributed by atoms with van der Waals surface area (Å²) in [6.45, 7) is 5.36. The first kappa shape index (κ1) is 21.5. The Balaban J connectivity index is 1.53. The molecule has 0 atom stereocenters. The maximum Gasteiger partial charge on any atom is 0.331 e. The van der Waals surface area contributed by atoms with Crippen molar-refractivity contribution in [1.29, 1.82) is 0 Å². The van der Waals surface area contributed by atoms with Crippen molar-refractivity contribution in [3.8, 4) is 0 Å². The van der Waals surface area contributed by atoms with Gasteiger partial charge in [-0.2, -0.15) is 0 Å². The summed E-state index contributed by atoms with van der Waals surface area (Å²) >= 11 is 0. The van der Waals surface area contributed by atoms with E-state index in [1.54, 1.807) is 6.08 Å². The number of rotatable bonds is 7. The zero-order valence-corrected chi connectivity index (χ0v) is 18.4. The summed E-state index contributed by atoms with van der Waals surface area (Å²) in [6, 6.07) is 14.6. The number of benzene rings is 1. The molecule has 1 aromatic carbocycles. The molecule has 1 saturated carbocycles. The Morgan fingerprint density at radius 1 is 1.06 bits per heavy atom. The number of hydrogen-bond acceptors (Lipinski definition) is 4. The molecule has 31 heavy (non-hydrogen) atoms. The Kier molecular flexibility index (Phi) is 7.31. The van der Waals surface area contributed by atoms with Gasteiger partial charge in [-0.15, -0.1) is 0 Å². The van der Waals surface area contributed by atoms with Crippen LogP contribution in [0.5, 0.6) is 0 Å². The third kappa shape index (κ3) is 6.14. The van der Waals surface area contributed by atoms with Gasteiger partial charge in [0.2, 0.25) is 0 Å². The van der Waals surface area contributed by atoms with E-state index in [0.717, 1.165) is 62.3 Å². The van der Waals surface area contributed by atoms with E-state index < -0.39 is 0 Å². The van der Waals surface area contributed by atoms with Crippen molar-refractivity contribution in [3.05, 3.63) is 77.1 Å². The molecular formula is C27H32N2O2. The molecule has 2 aromatic rings. The molecular weight excluding hydrogens is 384 g/mol. The predicted molar refractivity (Wildman–Crippen MR) is 126 cm³/mol. The molecule has 1 aliphatic carbocycles. The lowest BCUT2D eigenvalue weighted by molar-refractivity contribution is -0.142. The van der Waals surface area contributed by atoms with Crippen molar-refractivity contribution in [2.75, 3.05) is 19.6 Å². The largest absolute Gasteiger partial charge is 0.459 e. The summed E-state index contributed by atoms with van der Waals surface area (Å²) in [4.78, 5) is 19.5. The molecule has 4 nitrogen and oxygen atoms in total. The number of aryl methyl sites for hydroxylation is 1. The second kappa shape index (κ2) is 10.5. The molecule has 4 rings (SSSR count). The minimum absolute atomic E-state index is 0.0816.